The molecular formula is C25H35N5O. The fraction of sp³-hybridized carbons (Fsp3) is 0.600. The molecule has 0 radical (unpaired) electrons. The molecule has 1 aromatic heterocycles. The smallest absolute Gasteiger partial charge is 0.150 e. The fourth-order valence-electron chi connectivity index (χ4n) is 4.43. The van der Waals surface area contributed by atoms with Crippen molar-refractivity contribution in [1.29, 1.82) is 0 Å². The first-order valence-electron chi connectivity index (χ1n) is 11.6. The average molecular weight is 422 g/mol. The lowest BCUT2D eigenvalue weighted by atomic mass is 10.1. The van der Waals surface area contributed by atoms with Gasteiger partial charge in [0.2, 0.25) is 0 Å². The highest BCUT2D eigenvalue weighted by atomic mass is 16.5. The summed E-state index contributed by atoms with van der Waals surface area (Å²) in [6.45, 7) is 14.4. The van der Waals surface area contributed by atoms with Crippen LogP contribution in [0.25, 0.3) is 11.0 Å². The topological polar surface area (TPSA) is 44.7 Å². The van der Waals surface area contributed by atoms with Gasteiger partial charge in [-0.25, -0.2) is 9.97 Å². The maximum atomic E-state index is 6.04. The van der Waals surface area contributed by atoms with E-state index in [1.807, 2.05) is 24.3 Å². The van der Waals surface area contributed by atoms with Gasteiger partial charge in [0, 0.05) is 45.3 Å². The Labute approximate surface area is 186 Å². The molecule has 166 valence electrons. The molecule has 2 fully saturated rings. The number of aryl methyl sites for hydroxylation is 1. The molecule has 31 heavy (non-hydrogen) atoms. The van der Waals surface area contributed by atoms with Gasteiger partial charge in [0.05, 0.1) is 29.4 Å². The molecule has 2 aliphatic heterocycles. The Balaban J connectivity index is 1.19. The van der Waals surface area contributed by atoms with Crippen LogP contribution < -0.4 is 4.90 Å². The third-order valence-corrected chi connectivity index (χ3v) is 6.42. The van der Waals surface area contributed by atoms with E-state index in [1.54, 1.807) is 0 Å². The normalized spacial score (nSPS) is 19.0. The molecule has 2 aliphatic rings. The number of fused-ring (bicyclic) bond motifs is 1. The number of benzene rings is 1. The summed E-state index contributed by atoms with van der Waals surface area (Å²) in [7, 11) is 0. The van der Waals surface area contributed by atoms with Gasteiger partial charge in [-0.15, -0.1) is 0 Å². The molecule has 4 rings (SSSR count). The number of ether oxygens (including phenoxy) is 1. The zero-order chi connectivity index (χ0) is 21.6. The molecule has 0 unspecified atom stereocenters. The number of aromatic nitrogens is 2. The molecule has 0 amide bonds. The van der Waals surface area contributed by atoms with Crippen molar-refractivity contribution in [2.75, 3.05) is 57.3 Å². The Morgan fingerprint density at radius 2 is 1.65 bits per heavy atom. The van der Waals surface area contributed by atoms with Crippen molar-refractivity contribution in [3.63, 3.8) is 0 Å². The van der Waals surface area contributed by atoms with Crippen molar-refractivity contribution in [2.45, 2.75) is 45.8 Å². The Bertz CT molecular complexity index is 918. The van der Waals surface area contributed by atoms with Crippen LogP contribution in [0.2, 0.25) is 0 Å². The molecule has 6 nitrogen and oxygen atoms in total. The summed E-state index contributed by atoms with van der Waals surface area (Å²) < 4.78 is 6.04. The number of hydrogen-bond acceptors (Lipinski definition) is 6. The van der Waals surface area contributed by atoms with Gasteiger partial charge in [0.1, 0.15) is 6.61 Å². The number of para-hydroxylation sites is 2. The van der Waals surface area contributed by atoms with Gasteiger partial charge in [0.25, 0.3) is 0 Å². The summed E-state index contributed by atoms with van der Waals surface area (Å²) in [5, 5.41) is 0. The molecule has 0 atom stereocenters. The summed E-state index contributed by atoms with van der Waals surface area (Å²) in [5.74, 6) is 7.53. The molecule has 1 aromatic carbocycles. The van der Waals surface area contributed by atoms with Gasteiger partial charge in [-0.2, -0.15) is 0 Å². The first-order chi connectivity index (χ1) is 15.1. The zero-order valence-electron chi connectivity index (χ0n) is 19.2. The van der Waals surface area contributed by atoms with Gasteiger partial charge < -0.3 is 9.64 Å². The highest BCUT2D eigenvalue weighted by Crippen LogP contribution is 2.24. The van der Waals surface area contributed by atoms with Crippen LogP contribution in [-0.2, 0) is 4.74 Å². The van der Waals surface area contributed by atoms with Crippen molar-refractivity contribution in [1.82, 2.24) is 19.8 Å². The largest absolute Gasteiger partial charge is 0.365 e. The number of rotatable bonds is 5. The van der Waals surface area contributed by atoms with E-state index in [1.165, 1.54) is 0 Å². The average Bonchev–Trinajstić information content (AvgIpc) is 2.79. The van der Waals surface area contributed by atoms with Crippen molar-refractivity contribution >= 4 is 16.9 Å². The third kappa shape index (κ3) is 5.74. The minimum Gasteiger partial charge on any atom is -0.365 e. The maximum absolute atomic E-state index is 6.04. The van der Waals surface area contributed by atoms with Crippen molar-refractivity contribution in [3.8, 4) is 11.8 Å². The fourth-order valence-corrected chi connectivity index (χ4v) is 4.43. The van der Waals surface area contributed by atoms with Crippen LogP contribution in [0.3, 0.4) is 0 Å². The van der Waals surface area contributed by atoms with E-state index in [9.17, 15) is 0 Å². The van der Waals surface area contributed by atoms with Crippen LogP contribution in [-0.4, -0.2) is 84.3 Å². The number of hydrogen-bond donors (Lipinski definition) is 0. The summed E-state index contributed by atoms with van der Waals surface area (Å²) in [6, 6.07) is 8.72. The minimum atomic E-state index is 0.286. The summed E-state index contributed by atoms with van der Waals surface area (Å²) in [5.41, 5.74) is 2.92. The van der Waals surface area contributed by atoms with E-state index in [-0.39, 0.29) is 6.10 Å². The van der Waals surface area contributed by atoms with Crippen LogP contribution in [0.1, 0.15) is 32.4 Å². The third-order valence-electron chi connectivity index (χ3n) is 6.42. The van der Waals surface area contributed by atoms with Gasteiger partial charge in [-0.1, -0.05) is 24.0 Å². The van der Waals surface area contributed by atoms with Crippen molar-refractivity contribution in [2.24, 2.45) is 0 Å². The van der Waals surface area contributed by atoms with E-state index in [4.69, 9.17) is 14.7 Å². The molecule has 3 heterocycles. The molecule has 0 saturated carbocycles. The van der Waals surface area contributed by atoms with Gasteiger partial charge in [-0.3, -0.25) is 9.80 Å². The van der Waals surface area contributed by atoms with Gasteiger partial charge in [0.15, 0.2) is 5.82 Å². The van der Waals surface area contributed by atoms with Crippen LogP contribution >= 0.6 is 0 Å². The maximum Gasteiger partial charge on any atom is 0.150 e. The molecule has 0 spiro atoms. The summed E-state index contributed by atoms with van der Waals surface area (Å²) >= 11 is 0. The van der Waals surface area contributed by atoms with Crippen LogP contribution in [0.4, 0.5) is 5.82 Å². The van der Waals surface area contributed by atoms with Crippen LogP contribution in [0.5, 0.6) is 0 Å². The Morgan fingerprint density at radius 3 is 2.32 bits per heavy atom. The van der Waals surface area contributed by atoms with E-state index in [0.717, 1.165) is 81.2 Å². The lowest BCUT2D eigenvalue weighted by molar-refractivity contribution is 0.0593. The standard InChI is InChI=1S/C25H35N5O/c1-20(2)29-17-15-28(16-18-29)12-6-7-19-31-22-10-13-30(14-11-22)25-21(3)26-23-8-4-5-9-24(23)27-25/h4-5,8-9,20,22H,10-19H2,1-3H3. The predicted octanol–water partition coefficient (Wildman–Crippen LogP) is 2.95. The second-order valence-corrected chi connectivity index (χ2v) is 8.88. The molecule has 6 heteroatoms. The van der Waals surface area contributed by atoms with Crippen molar-refractivity contribution < 1.29 is 4.74 Å². The highest BCUT2D eigenvalue weighted by molar-refractivity contribution is 5.76. The van der Waals surface area contributed by atoms with E-state index in [2.05, 4.69) is 47.3 Å². The van der Waals surface area contributed by atoms with E-state index >= 15 is 0 Å². The quantitative estimate of drug-likeness (QED) is 0.692. The summed E-state index contributed by atoms with van der Waals surface area (Å²) in [4.78, 5) is 16.9. The lowest BCUT2D eigenvalue weighted by Crippen LogP contribution is -2.48. The first kappa shape index (κ1) is 22.0. The lowest BCUT2D eigenvalue weighted by Gasteiger charge is -2.36. The monoisotopic (exact) mass is 421 g/mol. The zero-order valence-corrected chi connectivity index (χ0v) is 19.2. The Kier molecular flexibility index (Phi) is 7.39. The molecule has 0 bridgehead atoms. The molecule has 0 aliphatic carbocycles. The Hall–Kier alpha value is -2.20. The Morgan fingerprint density at radius 1 is 0.968 bits per heavy atom. The summed E-state index contributed by atoms with van der Waals surface area (Å²) in [6.07, 6.45) is 2.30. The number of nitrogens with zero attached hydrogens (tertiary/aromatic N) is 5. The first-order valence-corrected chi connectivity index (χ1v) is 11.6. The molecule has 2 aromatic rings. The number of piperazine rings is 1. The number of piperidine rings is 1. The van der Waals surface area contributed by atoms with Gasteiger partial charge in [-0.05, 0) is 45.7 Å². The van der Waals surface area contributed by atoms with Crippen molar-refractivity contribution in [3.05, 3.63) is 30.0 Å². The van der Waals surface area contributed by atoms with Crippen LogP contribution in [0, 0.1) is 18.8 Å². The SMILES string of the molecule is Cc1nc2ccccc2nc1N1CCC(OCC#CCN2CCN(C(C)C)CC2)CC1. The number of anilines is 1. The molecule has 0 N–H and O–H groups in total. The minimum absolute atomic E-state index is 0.286. The molecule has 2 saturated heterocycles. The van der Waals surface area contributed by atoms with E-state index in [0.29, 0.717) is 12.6 Å². The van der Waals surface area contributed by atoms with Gasteiger partial charge >= 0.3 is 0 Å². The second kappa shape index (κ2) is 10.4. The van der Waals surface area contributed by atoms with Crippen LogP contribution in [0.15, 0.2) is 24.3 Å². The van der Waals surface area contributed by atoms with E-state index < -0.39 is 0 Å². The second-order valence-electron chi connectivity index (χ2n) is 8.88. The predicted molar refractivity (Wildman–Crippen MR) is 126 cm³/mol. The molecular weight excluding hydrogens is 386 g/mol. The highest BCUT2D eigenvalue weighted by Gasteiger charge is 2.22.